The molecule has 0 unspecified atom stereocenters. The van der Waals surface area contributed by atoms with E-state index in [1.54, 1.807) is 23.0 Å². The van der Waals surface area contributed by atoms with Crippen molar-refractivity contribution >= 4 is 29.4 Å². The van der Waals surface area contributed by atoms with Gasteiger partial charge in [0.25, 0.3) is 0 Å². The summed E-state index contributed by atoms with van der Waals surface area (Å²) < 4.78 is 14.9. The Balaban J connectivity index is 1.60. The largest absolute Gasteiger partial charge is 0.361 e. The van der Waals surface area contributed by atoms with Crippen molar-refractivity contribution < 1.29 is 18.8 Å². The molecule has 1 fully saturated rings. The molecule has 27 heavy (non-hydrogen) atoms. The lowest BCUT2D eigenvalue weighted by Gasteiger charge is -2.31. The van der Waals surface area contributed by atoms with Crippen molar-refractivity contribution in [3.05, 3.63) is 42.3 Å². The number of nitrogens with one attached hydrogen (secondary N) is 2. The van der Waals surface area contributed by atoms with E-state index in [1.165, 1.54) is 23.1 Å². The van der Waals surface area contributed by atoms with E-state index in [-0.39, 0.29) is 6.04 Å². The van der Waals surface area contributed by atoms with E-state index in [0.29, 0.717) is 37.4 Å². The van der Waals surface area contributed by atoms with Gasteiger partial charge in [0.1, 0.15) is 11.6 Å². The van der Waals surface area contributed by atoms with Crippen LogP contribution in [0, 0.1) is 5.82 Å². The fourth-order valence-electron chi connectivity index (χ4n) is 3.02. The van der Waals surface area contributed by atoms with Gasteiger partial charge in [-0.25, -0.2) is 13.9 Å². The normalized spacial score (nSPS) is 14.6. The monoisotopic (exact) mass is 374 g/mol. The smallest absolute Gasteiger partial charge is 0.324 e. The predicted molar refractivity (Wildman–Crippen MR) is 95.3 cm³/mol. The molecule has 2 aromatic rings. The number of likely N-dealkylation sites (tertiary alicyclic amines) is 1. The van der Waals surface area contributed by atoms with E-state index in [0.717, 1.165) is 0 Å². The SMILES string of the molecule is NC(=O)C(=O)N1CCC(n2nccc2NC(=O)Nc2cccc(F)c2)CC1. The summed E-state index contributed by atoms with van der Waals surface area (Å²) in [4.78, 5) is 36.2. The van der Waals surface area contributed by atoms with Crippen LogP contribution in [-0.2, 0) is 9.59 Å². The predicted octanol–water partition coefficient (Wildman–Crippen LogP) is 1.31. The van der Waals surface area contributed by atoms with E-state index in [4.69, 9.17) is 5.73 Å². The summed E-state index contributed by atoms with van der Waals surface area (Å²) in [6.45, 7) is 0.752. The molecule has 0 radical (unpaired) electrons. The lowest BCUT2D eigenvalue weighted by Crippen LogP contribution is -2.45. The number of aromatic nitrogens is 2. The number of rotatable bonds is 3. The number of carbonyl (C=O) groups is 3. The third-order valence-electron chi connectivity index (χ3n) is 4.30. The van der Waals surface area contributed by atoms with E-state index < -0.39 is 23.7 Å². The zero-order valence-corrected chi connectivity index (χ0v) is 14.4. The maximum atomic E-state index is 13.2. The zero-order valence-electron chi connectivity index (χ0n) is 14.4. The fraction of sp³-hybridized carbons (Fsp3) is 0.294. The summed E-state index contributed by atoms with van der Waals surface area (Å²) in [5.74, 6) is -1.63. The summed E-state index contributed by atoms with van der Waals surface area (Å²) in [6, 6.07) is 6.65. The Morgan fingerprint density at radius 1 is 1.15 bits per heavy atom. The Labute approximate surface area is 154 Å². The van der Waals surface area contributed by atoms with E-state index >= 15 is 0 Å². The number of anilines is 2. The van der Waals surface area contributed by atoms with Crippen LogP contribution in [0.15, 0.2) is 36.5 Å². The maximum absolute atomic E-state index is 13.2. The number of benzene rings is 1. The lowest BCUT2D eigenvalue weighted by atomic mass is 10.1. The number of hydrogen-bond acceptors (Lipinski definition) is 4. The fourth-order valence-corrected chi connectivity index (χ4v) is 3.02. The molecule has 0 spiro atoms. The van der Waals surface area contributed by atoms with Gasteiger partial charge in [-0.15, -0.1) is 0 Å². The summed E-state index contributed by atoms with van der Waals surface area (Å²) in [5.41, 5.74) is 5.35. The maximum Gasteiger partial charge on any atom is 0.324 e. The van der Waals surface area contributed by atoms with Gasteiger partial charge in [0.15, 0.2) is 0 Å². The third kappa shape index (κ3) is 4.40. The molecular formula is C17H19FN6O3. The van der Waals surface area contributed by atoms with Crippen molar-refractivity contribution in [1.29, 1.82) is 0 Å². The van der Waals surface area contributed by atoms with Gasteiger partial charge in [0.2, 0.25) is 0 Å². The molecule has 1 aliphatic heterocycles. The molecule has 4 amide bonds. The Morgan fingerprint density at radius 3 is 2.56 bits per heavy atom. The van der Waals surface area contributed by atoms with Crippen molar-refractivity contribution in [2.75, 3.05) is 23.7 Å². The van der Waals surface area contributed by atoms with Crippen LogP contribution in [-0.4, -0.2) is 45.6 Å². The number of nitrogens with zero attached hydrogens (tertiary/aromatic N) is 3. The van der Waals surface area contributed by atoms with Crippen LogP contribution in [0.4, 0.5) is 20.7 Å². The molecule has 0 atom stereocenters. The van der Waals surface area contributed by atoms with Crippen LogP contribution in [0.3, 0.4) is 0 Å². The van der Waals surface area contributed by atoms with Crippen molar-refractivity contribution in [3.8, 4) is 0 Å². The summed E-state index contributed by atoms with van der Waals surface area (Å²) in [6.07, 6.45) is 2.69. The van der Waals surface area contributed by atoms with E-state index in [1.807, 2.05) is 0 Å². The first-order valence-electron chi connectivity index (χ1n) is 8.40. The molecule has 0 bridgehead atoms. The topological polar surface area (TPSA) is 122 Å². The van der Waals surface area contributed by atoms with Gasteiger partial charge >= 0.3 is 17.8 Å². The molecule has 1 aromatic heterocycles. The number of primary amides is 1. The second-order valence-electron chi connectivity index (χ2n) is 6.14. The molecule has 1 saturated heterocycles. The highest BCUT2D eigenvalue weighted by atomic mass is 19.1. The Hall–Kier alpha value is -3.43. The zero-order chi connectivity index (χ0) is 19.4. The molecule has 4 N–H and O–H groups in total. The summed E-state index contributed by atoms with van der Waals surface area (Å²) in [7, 11) is 0. The molecule has 2 heterocycles. The molecular weight excluding hydrogens is 355 g/mol. The van der Waals surface area contributed by atoms with Crippen molar-refractivity contribution in [1.82, 2.24) is 14.7 Å². The van der Waals surface area contributed by atoms with Gasteiger partial charge in [0, 0.05) is 24.8 Å². The van der Waals surface area contributed by atoms with Gasteiger partial charge in [-0.3, -0.25) is 14.9 Å². The lowest BCUT2D eigenvalue weighted by molar-refractivity contribution is -0.145. The first kappa shape index (κ1) is 18.4. The number of nitrogens with two attached hydrogens (primary N) is 1. The quantitative estimate of drug-likeness (QED) is 0.701. The molecule has 0 aliphatic carbocycles. The van der Waals surface area contributed by atoms with Gasteiger partial charge in [-0.05, 0) is 31.0 Å². The minimum absolute atomic E-state index is 0.0404. The number of amides is 4. The van der Waals surface area contributed by atoms with Crippen LogP contribution < -0.4 is 16.4 Å². The van der Waals surface area contributed by atoms with Gasteiger partial charge < -0.3 is 16.0 Å². The van der Waals surface area contributed by atoms with Crippen molar-refractivity contribution in [2.24, 2.45) is 5.73 Å². The van der Waals surface area contributed by atoms with E-state index in [2.05, 4.69) is 15.7 Å². The second-order valence-corrected chi connectivity index (χ2v) is 6.14. The molecule has 1 aromatic carbocycles. The molecule has 0 saturated carbocycles. The van der Waals surface area contributed by atoms with Crippen molar-refractivity contribution in [3.63, 3.8) is 0 Å². The third-order valence-corrected chi connectivity index (χ3v) is 4.30. The molecule has 3 rings (SSSR count). The average Bonchev–Trinajstić information content (AvgIpc) is 3.09. The first-order valence-corrected chi connectivity index (χ1v) is 8.40. The minimum atomic E-state index is -0.969. The highest BCUT2D eigenvalue weighted by molar-refractivity contribution is 6.34. The Bertz CT molecular complexity index is 860. The standard InChI is InChI=1S/C17H19FN6O3/c18-11-2-1-3-12(10-11)21-17(27)22-14-4-7-20-24(14)13-5-8-23(9-6-13)16(26)15(19)25/h1-4,7,10,13H,5-6,8-9H2,(H2,19,25)(H2,21,22,27). The second kappa shape index (κ2) is 7.85. The number of piperidine rings is 1. The van der Waals surface area contributed by atoms with Crippen LogP contribution in [0.1, 0.15) is 18.9 Å². The highest BCUT2D eigenvalue weighted by Crippen LogP contribution is 2.25. The highest BCUT2D eigenvalue weighted by Gasteiger charge is 2.27. The van der Waals surface area contributed by atoms with Gasteiger partial charge in [-0.2, -0.15) is 5.10 Å². The molecule has 1 aliphatic rings. The summed E-state index contributed by atoms with van der Waals surface area (Å²) in [5, 5.41) is 9.47. The number of urea groups is 1. The average molecular weight is 374 g/mol. The van der Waals surface area contributed by atoms with Crippen molar-refractivity contribution in [2.45, 2.75) is 18.9 Å². The van der Waals surface area contributed by atoms with Crippen LogP contribution in [0.2, 0.25) is 0 Å². The van der Waals surface area contributed by atoms with Gasteiger partial charge in [-0.1, -0.05) is 6.07 Å². The Morgan fingerprint density at radius 2 is 1.89 bits per heavy atom. The molecule has 10 heteroatoms. The van der Waals surface area contributed by atoms with Crippen LogP contribution in [0.25, 0.3) is 0 Å². The van der Waals surface area contributed by atoms with Crippen LogP contribution >= 0.6 is 0 Å². The molecule has 142 valence electrons. The number of carbonyl (C=O) groups excluding carboxylic acids is 3. The molecule has 9 nitrogen and oxygen atoms in total. The number of halogens is 1. The van der Waals surface area contributed by atoms with Crippen LogP contribution in [0.5, 0.6) is 0 Å². The number of hydrogen-bond donors (Lipinski definition) is 3. The summed E-state index contributed by atoms with van der Waals surface area (Å²) >= 11 is 0. The van der Waals surface area contributed by atoms with E-state index in [9.17, 15) is 18.8 Å². The minimum Gasteiger partial charge on any atom is -0.361 e. The Kier molecular flexibility index (Phi) is 5.34. The first-order chi connectivity index (χ1) is 12.9. The van der Waals surface area contributed by atoms with Gasteiger partial charge in [0.05, 0.1) is 12.2 Å².